The first-order chi connectivity index (χ1) is 15.2. The highest BCUT2D eigenvalue weighted by molar-refractivity contribution is 6.00. The van der Waals surface area contributed by atoms with Crippen molar-refractivity contribution in [1.82, 2.24) is 14.7 Å². The molecule has 0 bridgehead atoms. The normalized spacial score (nSPS) is 24.7. The summed E-state index contributed by atoms with van der Waals surface area (Å²) in [4.78, 5) is 55.5. The third-order valence-electron chi connectivity index (χ3n) is 7.03. The Morgan fingerprint density at radius 3 is 2.41 bits per heavy atom. The van der Waals surface area contributed by atoms with E-state index in [0.29, 0.717) is 56.9 Å². The van der Waals surface area contributed by atoms with Crippen molar-refractivity contribution in [2.75, 3.05) is 32.7 Å². The average molecular weight is 442 g/mol. The summed E-state index contributed by atoms with van der Waals surface area (Å²) in [6.45, 7) is 7.58. The van der Waals surface area contributed by atoms with E-state index in [9.17, 15) is 19.2 Å². The summed E-state index contributed by atoms with van der Waals surface area (Å²) in [6.07, 6.45) is 1.46. The molecule has 0 radical (unpaired) electrons. The molecule has 1 aromatic rings. The monoisotopic (exact) mass is 441 g/mol. The van der Waals surface area contributed by atoms with Gasteiger partial charge in [0.1, 0.15) is 17.4 Å². The van der Waals surface area contributed by atoms with Gasteiger partial charge < -0.3 is 19.4 Å². The maximum Gasteiger partial charge on any atom is 0.245 e. The summed E-state index contributed by atoms with van der Waals surface area (Å²) in [5.74, 6) is 0.454. The number of aryl methyl sites for hydroxylation is 1. The predicted molar refractivity (Wildman–Crippen MR) is 117 cm³/mol. The van der Waals surface area contributed by atoms with Crippen molar-refractivity contribution in [3.05, 3.63) is 29.3 Å². The van der Waals surface area contributed by atoms with Crippen molar-refractivity contribution in [2.45, 2.75) is 58.1 Å². The number of piperazine rings is 1. The number of carbonyl (C=O) groups is 4. The molecular weight excluding hydrogens is 410 g/mol. The molecule has 32 heavy (non-hydrogen) atoms. The number of hydrogen-bond donors (Lipinski definition) is 0. The quantitative estimate of drug-likeness (QED) is 0.698. The van der Waals surface area contributed by atoms with Crippen molar-refractivity contribution in [2.24, 2.45) is 0 Å². The van der Waals surface area contributed by atoms with E-state index in [4.69, 9.17) is 4.74 Å². The van der Waals surface area contributed by atoms with E-state index < -0.39 is 11.6 Å². The Bertz CT molecular complexity index is 953. The van der Waals surface area contributed by atoms with Crippen LogP contribution < -0.4 is 4.74 Å². The second-order valence-electron chi connectivity index (χ2n) is 9.23. The van der Waals surface area contributed by atoms with Crippen LogP contribution in [0.1, 0.15) is 55.5 Å². The van der Waals surface area contributed by atoms with E-state index in [1.165, 1.54) is 6.92 Å². The molecule has 1 aromatic carbocycles. The lowest BCUT2D eigenvalue weighted by Crippen LogP contribution is -2.55. The summed E-state index contributed by atoms with van der Waals surface area (Å²) >= 11 is 0. The Hall–Kier alpha value is -2.90. The van der Waals surface area contributed by atoms with Crippen molar-refractivity contribution in [1.29, 1.82) is 0 Å². The second kappa shape index (κ2) is 8.56. The van der Waals surface area contributed by atoms with Crippen molar-refractivity contribution in [3.63, 3.8) is 0 Å². The number of fused-ring (bicyclic) bond motifs is 1. The number of hydrogen-bond acceptors (Lipinski definition) is 5. The van der Waals surface area contributed by atoms with Gasteiger partial charge in [0.25, 0.3) is 0 Å². The molecule has 1 spiro atoms. The highest BCUT2D eigenvalue weighted by Gasteiger charge is 2.44. The number of Topliss-reactive ketones (excluding diaryl/α,β-unsaturated/α-hetero) is 1. The number of likely N-dealkylation sites (tertiary alicyclic amines) is 1. The van der Waals surface area contributed by atoms with Gasteiger partial charge in [0.2, 0.25) is 17.7 Å². The van der Waals surface area contributed by atoms with Crippen LogP contribution in [0, 0.1) is 6.92 Å². The van der Waals surface area contributed by atoms with Crippen molar-refractivity contribution < 1.29 is 23.9 Å². The molecule has 0 N–H and O–H groups in total. The predicted octanol–water partition coefficient (Wildman–Crippen LogP) is 1.79. The number of carbonyl (C=O) groups excluding carboxylic acids is 4. The number of benzene rings is 1. The zero-order valence-electron chi connectivity index (χ0n) is 19.1. The Kier molecular flexibility index (Phi) is 5.97. The van der Waals surface area contributed by atoms with Gasteiger partial charge in [0.15, 0.2) is 5.78 Å². The molecule has 8 heteroatoms. The molecule has 2 fully saturated rings. The van der Waals surface area contributed by atoms with Gasteiger partial charge in [-0.05, 0) is 32.4 Å². The largest absolute Gasteiger partial charge is 0.486 e. The van der Waals surface area contributed by atoms with Crippen LogP contribution in [0.2, 0.25) is 0 Å². The van der Waals surface area contributed by atoms with E-state index in [1.807, 2.05) is 25.1 Å². The Morgan fingerprint density at radius 1 is 1.03 bits per heavy atom. The van der Waals surface area contributed by atoms with Gasteiger partial charge >= 0.3 is 0 Å². The maximum atomic E-state index is 13.1. The van der Waals surface area contributed by atoms with Crippen LogP contribution in [0.15, 0.2) is 18.2 Å². The third-order valence-corrected chi connectivity index (χ3v) is 7.03. The summed E-state index contributed by atoms with van der Waals surface area (Å²) in [5, 5.41) is 0. The number of amides is 3. The van der Waals surface area contributed by atoms with Gasteiger partial charge in [0, 0.05) is 52.5 Å². The average Bonchev–Trinajstić information content (AvgIpc) is 2.92. The van der Waals surface area contributed by atoms with Crippen LogP contribution in [0.3, 0.4) is 0 Å². The zero-order chi connectivity index (χ0) is 23.0. The molecule has 3 amide bonds. The van der Waals surface area contributed by atoms with E-state index >= 15 is 0 Å². The summed E-state index contributed by atoms with van der Waals surface area (Å²) in [6, 6.07) is 5.02. The summed E-state index contributed by atoms with van der Waals surface area (Å²) < 4.78 is 6.32. The molecule has 172 valence electrons. The lowest BCUT2D eigenvalue weighted by molar-refractivity contribution is -0.147. The Labute approximate surface area is 188 Å². The van der Waals surface area contributed by atoms with Gasteiger partial charge in [0.05, 0.1) is 12.0 Å². The Balaban J connectivity index is 1.44. The van der Waals surface area contributed by atoms with Crippen LogP contribution in [-0.4, -0.2) is 82.6 Å². The van der Waals surface area contributed by atoms with Gasteiger partial charge in [-0.1, -0.05) is 11.6 Å². The highest BCUT2D eigenvalue weighted by atomic mass is 16.5. The highest BCUT2D eigenvalue weighted by Crippen LogP contribution is 2.40. The molecular formula is C24H31N3O5. The van der Waals surface area contributed by atoms with Gasteiger partial charge in [-0.3, -0.25) is 19.2 Å². The zero-order valence-corrected chi connectivity index (χ0v) is 19.1. The van der Waals surface area contributed by atoms with Crippen LogP contribution in [0.25, 0.3) is 0 Å². The number of rotatable bonds is 2. The minimum absolute atomic E-state index is 0.0110. The topological polar surface area (TPSA) is 87.2 Å². The van der Waals surface area contributed by atoms with Gasteiger partial charge in [-0.2, -0.15) is 0 Å². The minimum atomic E-state index is -0.709. The van der Waals surface area contributed by atoms with Crippen LogP contribution in [0.5, 0.6) is 5.75 Å². The Morgan fingerprint density at radius 2 is 1.72 bits per heavy atom. The molecule has 4 rings (SSSR count). The van der Waals surface area contributed by atoms with Gasteiger partial charge in [-0.25, -0.2) is 0 Å². The summed E-state index contributed by atoms with van der Waals surface area (Å²) in [5.41, 5.74) is 0.909. The van der Waals surface area contributed by atoms with Crippen LogP contribution in [-0.2, 0) is 14.4 Å². The first-order valence-electron chi connectivity index (χ1n) is 11.4. The van der Waals surface area contributed by atoms with Crippen LogP contribution >= 0.6 is 0 Å². The second-order valence-corrected chi connectivity index (χ2v) is 9.23. The molecule has 3 aliphatic rings. The van der Waals surface area contributed by atoms with E-state index in [-0.39, 0.29) is 36.3 Å². The van der Waals surface area contributed by atoms with Crippen molar-refractivity contribution in [3.8, 4) is 5.75 Å². The molecule has 0 aliphatic carbocycles. The molecule has 2 saturated heterocycles. The molecule has 3 heterocycles. The third kappa shape index (κ3) is 4.23. The maximum absolute atomic E-state index is 13.1. The molecule has 0 aromatic heterocycles. The molecule has 3 aliphatic heterocycles. The van der Waals surface area contributed by atoms with E-state index in [1.54, 1.807) is 21.6 Å². The standard InChI is InChI=1S/C24H31N3O5/c1-16-4-5-21-19(14-16)20(29)15-24(32-21)7-6-22(30)27(9-8-24)17(2)23(31)26-12-10-25(11-13-26)18(3)28/h4-5,14,17H,6-13,15H2,1-3H3/t17-,24-/m0/s1. The first kappa shape index (κ1) is 22.3. The SMILES string of the molecule is CC(=O)N1CCN(C(=O)[C@H](C)N2CC[C@@]3(CCC2=O)CC(=O)c2cc(C)ccc2O3)CC1. The number of ketones is 1. The number of nitrogens with zero attached hydrogens (tertiary/aromatic N) is 3. The first-order valence-corrected chi connectivity index (χ1v) is 11.4. The number of ether oxygens (including phenoxy) is 1. The fourth-order valence-electron chi connectivity index (χ4n) is 4.99. The van der Waals surface area contributed by atoms with Crippen molar-refractivity contribution >= 4 is 23.5 Å². The van der Waals surface area contributed by atoms with Crippen LogP contribution in [0.4, 0.5) is 0 Å². The summed E-state index contributed by atoms with van der Waals surface area (Å²) in [7, 11) is 0. The van der Waals surface area contributed by atoms with E-state index in [0.717, 1.165) is 5.56 Å². The fourth-order valence-corrected chi connectivity index (χ4v) is 4.99. The molecule has 2 atom stereocenters. The molecule has 0 unspecified atom stereocenters. The minimum Gasteiger partial charge on any atom is -0.486 e. The lowest BCUT2D eigenvalue weighted by Gasteiger charge is -2.39. The molecule has 8 nitrogen and oxygen atoms in total. The smallest absolute Gasteiger partial charge is 0.245 e. The fraction of sp³-hybridized carbons (Fsp3) is 0.583. The van der Waals surface area contributed by atoms with Gasteiger partial charge in [-0.15, -0.1) is 0 Å². The molecule has 0 saturated carbocycles. The van der Waals surface area contributed by atoms with E-state index in [2.05, 4.69) is 0 Å². The lowest BCUT2D eigenvalue weighted by atomic mass is 9.84.